The van der Waals surface area contributed by atoms with Gasteiger partial charge in [0.15, 0.2) is 0 Å². The van der Waals surface area contributed by atoms with Gasteiger partial charge in [-0.1, -0.05) is 20.8 Å². The van der Waals surface area contributed by atoms with Crippen molar-refractivity contribution >= 4 is 18.3 Å². The fourth-order valence-corrected chi connectivity index (χ4v) is 1.58. The summed E-state index contributed by atoms with van der Waals surface area (Å²) in [6.07, 6.45) is -2.90. The zero-order valence-electron chi connectivity index (χ0n) is 17.0. The van der Waals surface area contributed by atoms with E-state index in [0.717, 1.165) is 0 Å². The van der Waals surface area contributed by atoms with Gasteiger partial charge < -0.3 is 23.7 Å². The summed E-state index contributed by atoms with van der Waals surface area (Å²) in [5, 5.41) is 0. The maximum atomic E-state index is 11.7. The number of esters is 1. The van der Waals surface area contributed by atoms with Gasteiger partial charge in [0, 0.05) is 0 Å². The van der Waals surface area contributed by atoms with Crippen molar-refractivity contribution < 1.29 is 38.1 Å². The maximum Gasteiger partial charge on any atom is 0.509 e. The van der Waals surface area contributed by atoms with E-state index in [0.29, 0.717) is 0 Å². The van der Waals surface area contributed by atoms with Gasteiger partial charge in [-0.05, 0) is 40.0 Å². The van der Waals surface area contributed by atoms with E-state index in [-0.39, 0.29) is 31.0 Å². The van der Waals surface area contributed by atoms with Gasteiger partial charge >= 0.3 is 18.3 Å². The number of hydrogen-bond donors (Lipinski definition) is 0. The van der Waals surface area contributed by atoms with Gasteiger partial charge in [-0.25, -0.2) is 9.59 Å². The molecular weight excluding hydrogens is 344 g/mol. The van der Waals surface area contributed by atoms with Crippen molar-refractivity contribution in [2.45, 2.75) is 79.6 Å². The minimum atomic E-state index is -0.940. The van der Waals surface area contributed by atoms with Crippen LogP contribution in [0.25, 0.3) is 0 Å². The standard InChI is InChI=1S/C18H32O8/c1-12(10-22-14(19)9-17(3,4)5)24-16(21)25-13(2)11-23-15(20)26-18(6,7)8/h12-13H,9-11H2,1-8H3. The van der Waals surface area contributed by atoms with E-state index in [2.05, 4.69) is 0 Å². The summed E-state index contributed by atoms with van der Waals surface area (Å²) in [5.41, 5.74) is -0.844. The quantitative estimate of drug-likeness (QED) is 0.488. The van der Waals surface area contributed by atoms with Crippen LogP contribution in [0.1, 0.15) is 61.8 Å². The molecule has 0 aliphatic carbocycles. The molecule has 0 bridgehead atoms. The Kier molecular flexibility index (Phi) is 9.45. The van der Waals surface area contributed by atoms with E-state index in [4.69, 9.17) is 23.7 Å². The van der Waals surface area contributed by atoms with Crippen molar-refractivity contribution in [3.05, 3.63) is 0 Å². The predicted octanol–water partition coefficient (Wildman–Crippen LogP) is 3.85. The first-order valence-corrected chi connectivity index (χ1v) is 8.56. The van der Waals surface area contributed by atoms with Crippen LogP contribution in [0, 0.1) is 5.41 Å². The molecule has 0 aromatic rings. The van der Waals surface area contributed by atoms with Crippen LogP contribution in [0.3, 0.4) is 0 Å². The van der Waals surface area contributed by atoms with Crippen LogP contribution < -0.4 is 0 Å². The van der Waals surface area contributed by atoms with E-state index in [1.54, 1.807) is 34.6 Å². The number of rotatable bonds is 7. The molecule has 0 aliphatic heterocycles. The van der Waals surface area contributed by atoms with Gasteiger partial charge in [-0.15, -0.1) is 0 Å². The fourth-order valence-electron chi connectivity index (χ4n) is 1.58. The molecule has 0 heterocycles. The van der Waals surface area contributed by atoms with Crippen molar-refractivity contribution in [2.75, 3.05) is 13.2 Å². The number of carbonyl (C=O) groups is 3. The third kappa shape index (κ3) is 14.4. The van der Waals surface area contributed by atoms with Crippen molar-refractivity contribution in [3.8, 4) is 0 Å². The summed E-state index contributed by atoms with van der Waals surface area (Å²) in [6.45, 7) is 13.8. The van der Waals surface area contributed by atoms with Crippen LogP contribution in [-0.2, 0) is 28.5 Å². The zero-order chi connectivity index (χ0) is 20.5. The normalized spacial score (nSPS) is 14.0. The van der Waals surface area contributed by atoms with Gasteiger partial charge in [0.2, 0.25) is 0 Å². The second-order valence-corrected chi connectivity index (χ2v) is 8.30. The van der Waals surface area contributed by atoms with Gasteiger partial charge in [-0.3, -0.25) is 4.79 Å². The molecule has 0 rings (SSSR count). The highest BCUT2D eigenvalue weighted by molar-refractivity contribution is 5.70. The van der Waals surface area contributed by atoms with E-state index < -0.39 is 30.1 Å². The van der Waals surface area contributed by atoms with E-state index in [1.165, 1.54) is 0 Å². The molecule has 0 aromatic heterocycles. The van der Waals surface area contributed by atoms with E-state index in [1.807, 2.05) is 20.8 Å². The Bertz CT molecular complexity index is 431. The van der Waals surface area contributed by atoms with Crippen LogP contribution in [-0.4, -0.2) is 49.3 Å². The Hall–Kier alpha value is -1.99. The van der Waals surface area contributed by atoms with Crippen LogP contribution in [0.4, 0.5) is 9.59 Å². The van der Waals surface area contributed by atoms with Gasteiger partial charge in [0.1, 0.15) is 31.0 Å². The lowest BCUT2D eigenvalue weighted by Gasteiger charge is -2.20. The summed E-state index contributed by atoms with van der Waals surface area (Å²) < 4.78 is 24.8. The predicted molar refractivity (Wildman–Crippen MR) is 93.7 cm³/mol. The Labute approximate surface area is 155 Å². The Balaban J connectivity index is 4.05. The van der Waals surface area contributed by atoms with Crippen LogP contribution in [0.5, 0.6) is 0 Å². The molecule has 2 unspecified atom stereocenters. The molecule has 26 heavy (non-hydrogen) atoms. The Morgan fingerprint density at radius 3 is 1.65 bits per heavy atom. The lowest BCUT2D eigenvalue weighted by molar-refractivity contribution is -0.149. The molecule has 0 aromatic carbocycles. The summed E-state index contributed by atoms with van der Waals surface area (Å²) >= 11 is 0. The summed E-state index contributed by atoms with van der Waals surface area (Å²) in [4.78, 5) is 34.7. The molecule has 0 spiro atoms. The lowest BCUT2D eigenvalue weighted by Crippen LogP contribution is -2.29. The number of carbonyl (C=O) groups excluding carboxylic acids is 3. The SMILES string of the molecule is CC(COC(=O)CC(C)(C)C)OC(=O)OC(C)COC(=O)OC(C)(C)C. The van der Waals surface area contributed by atoms with Crippen LogP contribution in [0.15, 0.2) is 0 Å². The largest absolute Gasteiger partial charge is 0.509 e. The van der Waals surface area contributed by atoms with Crippen molar-refractivity contribution in [1.29, 1.82) is 0 Å². The highest BCUT2D eigenvalue weighted by Gasteiger charge is 2.21. The minimum Gasteiger partial charge on any atom is -0.462 e. The van der Waals surface area contributed by atoms with Crippen LogP contribution >= 0.6 is 0 Å². The number of hydrogen-bond acceptors (Lipinski definition) is 8. The minimum absolute atomic E-state index is 0.0627. The van der Waals surface area contributed by atoms with Gasteiger partial charge in [0.25, 0.3) is 0 Å². The average Bonchev–Trinajstić information content (AvgIpc) is 2.39. The lowest BCUT2D eigenvalue weighted by atomic mass is 9.92. The Morgan fingerprint density at radius 1 is 0.769 bits per heavy atom. The monoisotopic (exact) mass is 376 g/mol. The topological polar surface area (TPSA) is 97.4 Å². The zero-order valence-corrected chi connectivity index (χ0v) is 17.0. The highest BCUT2D eigenvalue weighted by atomic mass is 16.8. The summed E-state index contributed by atoms with van der Waals surface area (Å²) in [5.74, 6) is -0.361. The fraction of sp³-hybridized carbons (Fsp3) is 0.833. The molecular formula is C18H32O8. The average molecular weight is 376 g/mol. The second kappa shape index (κ2) is 10.2. The summed E-state index contributed by atoms with van der Waals surface area (Å²) in [6, 6.07) is 0. The van der Waals surface area contributed by atoms with Gasteiger partial charge in [0.05, 0.1) is 6.42 Å². The molecule has 152 valence electrons. The third-order valence-corrected chi connectivity index (χ3v) is 2.57. The molecule has 0 radical (unpaired) electrons. The second-order valence-electron chi connectivity index (χ2n) is 8.30. The molecule has 0 saturated carbocycles. The Morgan fingerprint density at radius 2 is 1.23 bits per heavy atom. The molecule has 0 N–H and O–H groups in total. The molecule has 8 heteroatoms. The van der Waals surface area contributed by atoms with E-state index in [9.17, 15) is 14.4 Å². The van der Waals surface area contributed by atoms with E-state index >= 15 is 0 Å². The van der Waals surface area contributed by atoms with Crippen molar-refractivity contribution in [1.82, 2.24) is 0 Å². The highest BCUT2D eigenvalue weighted by Crippen LogP contribution is 2.19. The number of ether oxygens (including phenoxy) is 5. The molecule has 0 fully saturated rings. The van der Waals surface area contributed by atoms with Crippen molar-refractivity contribution in [2.24, 2.45) is 5.41 Å². The van der Waals surface area contributed by atoms with Crippen LogP contribution in [0.2, 0.25) is 0 Å². The van der Waals surface area contributed by atoms with Crippen molar-refractivity contribution in [3.63, 3.8) is 0 Å². The first kappa shape index (κ1) is 24.0. The first-order chi connectivity index (χ1) is 11.7. The molecule has 0 amide bonds. The molecule has 0 aliphatic rings. The smallest absolute Gasteiger partial charge is 0.462 e. The van der Waals surface area contributed by atoms with Gasteiger partial charge in [-0.2, -0.15) is 0 Å². The maximum absolute atomic E-state index is 11.7. The molecule has 8 nitrogen and oxygen atoms in total. The molecule has 0 saturated heterocycles. The third-order valence-electron chi connectivity index (χ3n) is 2.57. The summed E-state index contributed by atoms with van der Waals surface area (Å²) in [7, 11) is 0. The first-order valence-electron chi connectivity index (χ1n) is 8.56. The molecule has 2 atom stereocenters.